The Morgan fingerprint density at radius 1 is 1.46 bits per heavy atom. The number of carbonyl (C=O) groups is 2. The monoisotopic (exact) mass is 189 g/mol. The molecule has 0 bridgehead atoms. The number of rotatable bonds is 4. The Labute approximate surface area is 76.9 Å². The van der Waals surface area contributed by atoms with Crippen molar-refractivity contribution in [2.24, 2.45) is 0 Å². The molecular weight excluding hydrogens is 174 g/mol. The van der Waals surface area contributed by atoms with Crippen LogP contribution in [0.4, 0.5) is 4.79 Å². The molecule has 0 saturated heterocycles. The molecule has 0 fully saturated rings. The maximum atomic E-state index is 11.0. The zero-order valence-electron chi connectivity index (χ0n) is 8.00. The average molecular weight is 189 g/mol. The van der Waals surface area contributed by atoms with E-state index in [-0.39, 0.29) is 12.5 Å². The minimum absolute atomic E-state index is 0.0825. The van der Waals surface area contributed by atoms with Gasteiger partial charge in [0.25, 0.3) is 0 Å². The van der Waals surface area contributed by atoms with Gasteiger partial charge in [0.2, 0.25) is 0 Å². The van der Waals surface area contributed by atoms with Crippen LogP contribution in [0.15, 0.2) is 0 Å². The fourth-order valence-electron chi connectivity index (χ4n) is 0.772. The lowest BCUT2D eigenvalue weighted by atomic mass is 10.2. The van der Waals surface area contributed by atoms with Crippen LogP contribution in [0.1, 0.15) is 13.3 Å². The maximum absolute atomic E-state index is 11.0. The van der Waals surface area contributed by atoms with Crippen LogP contribution in [-0.4, -0.2) is 42.3 Å². The van der Waals surface area contributed by atoms with E-state index in [0.29, 0.717) is 0 Å². The fourth-order valence-corrected chi connectivity index (χ4v) is 0.772. The first-order valence-electron chi connectivity index (χ1n) is 3.88. The van der Waals surface area contributed by atoms with Gasteiger partial charge in [0.1, 0.15) is 0 Å². The van der Waals surface area contributed by atoms with Crippen molar-refractivity contribution < 1.29 is 14.7 Å². The van der Waals surface area contributed by atoms with Crippen LogP contribution in [0.2, 0.25) is 0 Å². The van der Waals surface area contributed by atoms with Crippen molar-refractivity contribution in [2.75, 3.05) is 14.1 Å². The van der Waals surface area contributed by atoms with Gasteiger partial charge in [-0.2, -0.15) is 0 Å². The lowest BCUT2D eigenvalue weighted by Crippen LogP contribution is -2.46. The van der Waals surface area contributed by atoms with Crippen LogP contribution < -0.4 is 10.7 Å². The zero-order valence-corrected chi connectivity index (χ0v) is 8.00. The van der Waals surface area contributed by atoms with Crippen molar-refractivity contribution in [1.29, 1.82) is 0 Å². The van der Waals surface area contributed by atoms with Crippen LogP contribution in [0.5, 0.6) is 0 Å². The second kappa shape index (κ2) is 5.36. The number of carboxylic acid groups (broad SMARTS) is 1. The molecule has 0 heterocycles. The Morgan fingerprint density at radius 3 is 2.38 bits per heavy atom. The van der Waals surface area contributed by atoms with Crippen molar-refractivity contribution >= 4 is 12.0 Å². The van der Waals surface area contributed by atoms with E-state index in [2.05, 4.69) is 10.7 Å². The highest BCUT2D eigenvalue weighted by Crippen LogP contribution is 1.89. The molecule has 1 unspecified atom stereocenters. The molecule has 0 aliphatic heterocycles. The van der Waals surface area contributed by atoms with E-state index in [1.165, 1.54) is 5.01 Å². The van der Waals surface area contributed by atoms with Crippen LogP contribution in [0.25, 0.3) is 0 Å². The summed E-state index contributed by atoms with van der Waals surface area (Å²) in [7, 11) is 3.34. The number of carbonyl (C=O) groups excluding carboxylic acids is 1. The van der Waals surface area contributed by atoms with Gasteiger partial charge in [-0.15, -0.1) is 0 Å². The molecule has 3 N–H and O–H groups in total. The Kier molecular flexibility index (Phi) is 4.83. The van der Waals surface area contributed by atoms with Crippen LogP contribution in [-0.2, 0) is 4.79 Å². The van der Waals surface area contributed by atoms with E-state index in [0.717, 1.165) is 0 Å². The molecule has 13 heavy (non-hydrogen) atoms. The second-order valence-corrected chi connectivity index (χ2v) is 2.98. The standard InChI is InChI=1S/C7H15N3O3/c1-5(4-6(11)12)8-7(13)9-10(2)3/h5H,4H2,1-3H3,(H,11,12)(H2,8,9,13). The number of aliphatic carboxylic acids is 1. The van der Waals surface area contributed by atoms with Gasteiger partial charge in [-0.25, -0.2) is 9.80 Å². The van der Waals surface area contributed by atoms with Gasteiger partial charge in [-0.3, -0.25) is 10.2 Å². The van der Waals surface area contributed by atoms with E-state index < -0.39 is 12.0 Å². The average Bonchev–Trinajstić information content (AvgIpc) is 1.80. The Hall–Kier alpha value is -1.30. The van der Waals surface area contributed by atoms with Crippen molar-refractivity contribution in [3.05, 3.63) is 0 Å². The summed E-state index contributed by atoms with van der Waals surface area (Å²) in [5, 5.41) is 12.3. The number of carboxylic acids is 1. The molecule has 0 radical (unpaired) electrons. The molecule has 0 aromatic carbocycles. The summed E-state index contributed by atoms with van der Waals surface area (Å²) in [6, 6.07) is -0.781. The predicted molar refractivity (Wildman–Crippen MR) is 47.1 cm³/mol. The van der Waals surface area contributed by atoms with E-state index in [9.17, 15) is 9.59 Å². The molecule has 76 valence electrons. The SMILES string of the molecule is CC(CC(=O)O)NC(=O)NN(C)C. The number of hydrogen-bond acceptors (Lipinski definition) is 3. The topological polar surface area (TPSA) is 81.7 Å². The van der Waals surface area contributed by atoms with E-state index >= 15 is 0 Å². The second-order valence-electron chi connectivity index (χ2n) is 2.98. The molecule has 0 aliphatic carbocycles. The first-order chi connectivity index (χ1) is 5.91. The van der Waals surface area contributed by atoms with Crippen LogP contribution in [0, 0.1) is 0 Å². The number of amides is 2. The van der Waals surface area contributed by atoms with E-state index in [1.54, 1.807) is 21.0 Å². The molecule has 0 aromatic heterocycles. The molecule has 0 saturated carbocycles. The predicted octanol–water partition coefficient (Wildman–Crippen LogP) is -0.375. The Morgan fingerprint density at radius 2 is 2.00 bits per heavy atom. The van der Waals surface area contributed by atoms with Crippen LogP contribution >= 0.6 is 0 Å². The normalized spacial score (nSPS) is 12.3. The maximum Gasteiger partial charge on any atom is 0.329 e. The Balaban J connectivity index is 3.71. The lowest BCUT2D eigenvalue weighted by molar-refractivity contribution is -0.137. The number of nitrogens with one attached hydrogen (secondary N) is 2. The summed E-state index contributed by atoms with van der Waals surface area (Å²) in [4.78, 5) is 21.2. The molecule has 6 nitrogen and oxygen atoms in total. The quantitative estimate of drug-likeness (QED) is 0.527. The molecular formula is C7H15N3O3. The summed E-state index contributed by atoms with van der Waals surface area (Å²) in [5.74, 6) is -0.933. The molecule has 1 atom stereocenters. The minimum atomic E-state index is -0.933. The molecule has 0 aromatic rings. The molecule has 0 spiro atoms. The van der Waals surface area contributed by atoms with Crippen molar-refractivity contribution in [1.82, 2.24) is 15.8 Å². The molecule has 2 amide bonds. The molecule has 0 aliphatic rings. The third kappa shape index (κ3) is 7.07. The summed E-state index contributed by atoms with van der Waals surface area (Å²) in [5.41, 5.74) is 2.44. The highest BCUT2D eigenvalue weighted by Gasteiger charge is 2.10. The van der Waals surface area contributed by atoms with Gasteiger partial charge in [-0.1, -0.05) is 0 Å². The van der Waals surface area contributed by atoms with E-state index in [1.807, 2.05) is 0 Å². The van der Waals surface area contributed by atoms with Crippen molar-refractivity contribution in [3.63, 3.8) is 0 Å². The minimum Gasteiger partial charge on any atom is -0.481 e. The third-order valence-electron chi connectivity index (χ3n) is 1.18. The van der Waals surface area contributed by atoms with Crippen molar-refractivity contribution in [3.8, 4) is 0 Å². The highest BCUT2D eigenvalue weighted by atomic mass is 16.4. The largest absolute Gasteiger partial charge is 0.481 e. The highest BCUT2D eigenvalue weighted by molar-refractivity contribution is 5.75. The van der Waals surface area contributed by atoms with Crippen molar-refractivity contribution in [2.45, 2.75) is 19.4 Å². The first kappa shape index (κ1) is 11.7. The summed E-state index contributed by atoms with van der Waals surface area (Å²) in [6.07, 6.45) is -0.0825. The lowest BCUT2D eigenvalue weighted by Gasteiger charge is -2.15. The van der Waals surface area contributed by atoms with Gasteiger partial charge in [-0.05, 0) is 6.92 Å². The van der Waals surface area contributed by atoms with Gasteiger partial charge in [0, 0.05) is 20.1 Å². The third-order valence-corrected chi connectivity index (χ3v) is 1.18. The molecule has 0 rings (SSSR count). The Bertz CT molecular complexity index is 193. The van der Waals surface area contributed by atoms with Crippen LogP contribution in [0.3, 0.4) is 0 Å². The summed E-state index contributed by atoms with van der Waals surface area (Å²) >= 11 is 0. The first-order valence-corrected chi connectivity index (χ1v) is 3.88. The fraction of sp³-hybridized carbons (Fsp3) is 0.714. The number of hydrogen-bond donors (Lipinski definition) is 3. The summed E-state index contributed by atoms with van der Waals surface area (Å²) < 4.78 is 0. The van der Waals surface area contributed by atoms with E-state index in [4.69, 9.17) is 5.11 Å². The number of hydrazine groups is 1. The smallest absolute Gasteiger partial charge is 0.329 e. The molecule has 6 heteroatoms. The van der Waals surface area contributed by atoms with Gasteiger partial charge >= 0.3 is 12.0 Å². The summed E-state index contributed by atoms with van der Waals surface area (Å²) in [6.45, 7) is 1.63. The van der Waals surface area contributed by atoms with Gasteiger partial charge in [0.05, 0.1) is 6.42 Å². The number of nitrogens with zero attached hydrogens (tertiary/aromatic N) is 1. The zero-order chi connectivity index (χ0) is 10.4. The van der Waals surface area contributed by atoms with Gasteiger partial charge < -0.3 is 10.4 Å². The number of urea groups is 1. The van der Waals surface area contributed by atoms with Gasteiger partial charge in [0.15, 0.2) is 0 Å².